The van der Waals surface area contributed by atoms with Gasteiger partial charge in [0.1, 0.15) is 17.2 Å². The van der Waals surface area contributed by atoms with E-state index >= 15 is 0 Å². The molecule has 0 bridgehead atoms. The summed E-state index contributed by atoms with van der Waals surface area (Å²) in [4.78, 5) is 52.6. The summed E-state index contributed by atoms with van der Waals surface area (Å²) >= 11 is 1.32. The number of ketones is 1. The van der Waals surface area contributed by atoms with Gasteiger partial charge in [-0.2, -0.15) is 0 Å². The van der Waals surface area contributed by atoms with Gasteiger partial charge in [0.25, 0.3) is 0 Å². The molecule has 0 amide bonds. The van der Waals surface area contributed by atoms with Crippen molar-refractivity contribution in [1.29, 1.82) is 0 Å². The molecular formula is C24H21N5O4S. The lowest BCUT2D eigenvalue weighted by Gasteiger charge is -2.39. The molecule has 4 aromatic heterocycles. The van der Waals surface area contributed by atoms with E-state index in [2.05, 4.69) is 9.97 Å². The van der Waals surface area contributed by atoms with Crippen LogP contribution < -0.4 is 10.3 Å². The highest BCUT2D eigenvalue weighted by atomic mass is 32.1. The zero-order valence-electron chi connectivity index (χ0n) is 18.6. The van der Waals surface area contributed by atoms with E-state index in [4.69, 9.17) is 4.98 Å². The Hall–Kier alpha value is -3.92. The van der Waals surface area contributed by atoms with Gasteiger partial charge < -0.3 is 10.0 Å². The Bertz CT molecular complexity index is 1490. The fourth-order valence-corrected chi connectivity index (χ4v) is 4.77. The van der Waals surface area contributed by atoms with Gasteiger partial charge in [-0.15, -0.1) is 11.3 Å². The molecule has 1 N–H and O–H groups in total. The summed E-state index contributed by atoms with van der Waals surface area (Å²) in [6.07, 6.45) is 4.88. The van der Waals surface area contributed by atoms with Crippen LogP contribution in [0.25, 0.3) is 16.2 Å². The van der Waals surface area contributed by atoms with Gasteiger partial charge in [-0.05, 0) is 37.1 Å². The number of thiazole rings is 1. The van der Waals surface area contributed by atoms with Crippen molar-refractivity contribution >= 4 is 39.9 Å². The van der Waals surface area contributed by atoms with Crippen LogP contribution in [0.1, 0.15) is 27.2 Å². The van der Waals surface area contributed by atoms with Crippen molar-refractivity contribution in [2.45, 2.75) is 20.3 Å². The van der Waals surface area contributed by atoms with Gasteiger partial charge in [0.2, 0.25) is 5.43 Å². The molecule has 5 rings (SSSR count). The van der Waals surface area contributed by atoms with Crippen LogP contribution >= 0.6 is 11.3 Å². The van der Waals surface area contributed by atoms with Crippen molar-refractivity contribution in [1.82, 2.24) is 19.5 Å². The third-order valence-electron chi connectivity index (χ3n) is 6.12. The maximum Gasteiger partial charge on any atom is 0.341 e. The van der Waals surface area contributed by atoms with E-state index in [0.717, 1.165) is 11.3 Å². The quantitative estimate of drug-likeness (QED) is 0.452. The first-order valence-corrected chi connectivity index (χ1v) is 11.6. The molecule has 0 saturated carbocycles. The van der Waals surface area contributed by atoms with Crippen molar-refractivity contribution in [2.75, 3.05) is 18.0 Å². The van der Waals surface area contributed by atoms with E-state index in [1.54, 1.807) is 35.3 Å². The standard InChI is InChI=1S/C24H21N5O4S/c1-13-4-3-5-25-17(13)9-18(30)15-10-28(11-15)19-8-14(2)20-21(31)16(23(32)33)12-29(22(20)27-19)24-26-6-7-34-24/h3-8,12,15H,9-11H2,1-2H3,(H,32,33). The largest absolute Gasteiger partial charge is 0.477 e. The number of carbonyl (C=O) groups excluding carboxylic acids is 1. The zero-order chi connectivity index (χ0) is 24.0. The Labute approximate surface area is 198 Å². The van der Waals surface area contributed by atoms with Crippen LogP contribution in [0.2, 0.25) is 0 Å². The molecule has 1 aliphatic heterocycles. The van der Waals surface area contributed by atoms with Gasteiger partial charge >= 0.3 is 5.97 Å². The molecule has 10 heteroatoms. The molecule has 1 fully saturated rings. The van der Waals surface area contributed by atoms with Crippen LogP contribution in [0, 0.1) is 19.8 Å². The minimum atomic E-state index is -1.30. The number of nitrogens with zero attached hydrogens (tertiary/aromatic N) is 5. The molecule has 0 aromatic carbocycles. The van der Waals surface area contributed by atoms with E-state index in [9.17, 15) is 19.5 Å². The van der Waals surface area contributed by atoms with Crippen LogP contribution in [0.3, 0.4) is 0 Å². The number of aryl methyl sites for hydroxylation is 2. The number of carboxylic acids is 1. The minimum absolute atomic E-state index is 0.116. The highest BCUT2D eigenvalue weighted by Crippen LogP contribution is 2.29. The van der Waals surface area contributed by atoms with Gasteiger partial charge in [0, 0.05) is 43.5 Å². The molecule has 4 aromatic rings. The monoisotopic (exact) mass is 475 g/mol. The van der Waals surface area contributed by atoms with E-state index in [-0.39, 0.29) is 22.7 Å². The number of carboxylic acid groups (broad SMARTS) is 1. The van der Waals surface area contributed by atoms with E-state index in [1.165, 1.54) is 17.5 Å². The summed E-state index contributed by atoms with van der Waals surface area (Å²) in [5.74, 6) is -0.639. The molecule has 0 spiro atoms. The average molecular weight is 476 g/mol. The summed E-state index contributed by atoms with van der Waals surface area (Å²) in [5, 5.41) is 12.1. The third kappa shape index (κ3) is 3.75. The van der Waals surface area contributed by atoms with Gasteiger partial charge in [-0.3, -0.25) is 19.1 Å². The van der Waals surface area contributed by atoms with Gasteiger partial charge in [0.05, 0.1) is 17.0 Å². The molecule has 0 atom stereocenters. The number of aromatic nitrogens is 4. The Balaban J connectivity index is 1.47. The molecule has 9 nitrogen and oxygen atoms in total. The molecule has 5 heterocycles. The SMILES string of the molecule is Cc1cccnc1CC(=O)C1CN(c2cc(C)c3c(=O)c(C(=O)O)cn(-c4nccs4)c3n2)C1. The summed E-state index contributed by atoms with van der Waals surface area (Å²) in [5.41, 5.74) is 1.86. The molecule has 1 aliphatic rings. The van der Waals surface area contributed by atoms with E-state index in [1.807, 2.05) is 24.0 Å². The van der Waals surface area contributed by atoms with Crippen LogP contribution in [-0.4, -0.2) is 49.5 Å². The topological polar surface area (TPSA) is 118 Å². The zero-order valence-corrected chi connectivity index (χ0v) is 19.4. The van der Waals surface area contributed by atoms with E-state index < -0.39 is 11.4 Å². The lowest BCUT2D eigenvalue weighted by molar-refractivity contribution is -0.123. The van der Waals surface area contributed by atoms with Crippen molar-refractivity contribution in [2.24, 2.45) is 5.92 Å². The predicted molar refractivity (Wildman–Crippen MR) is 128 cm³/mol. The second-order valence-electron chi connectivity index (χ2n) is 8.37. The number of hydrogen-bond donors (Lipinski definition) is 1. The Morgan fingerprint density at radius 1 is 1.18 bits per heavy atom. The summed E-state index contributed by atoms with van der Waals surface area (Å²) in [7, 11) is 0. The Kier molecular flexibility index (Phi) is 5.45. The predicted octanol–water partition coefficient (Wildman–Crippen LogP) is 2.80. The molecule has 34 heavy (non-hydrogen) atoms. The first-order valence-electron chi connectivity index (χ1n) is 10.7. The molecule has 1 saturated heterocycles. The smallest absolute Gasteiger partial charge is 0.341 e. The minimum Gasteiger partial charge on any atom is -0.477 e. The fourth-order valence-electron chi connectivity index (χ4n) is 4.15. The van der Waals surface area contributed by atoms with Gasteiger partial charge in [-0.25, -0.2) is 14.8 Å². The van der Waals surface area contributed by atoms with E-state index in [0.29, 0.717) is 41.7 Å². The summed E-state index contributed by atoms with van der Waals surface area (Å²) < 4.78 is 1.55. The van der Waals surface area contributed by atoms with Gasteiger partial charge in [-0.1, -0.05) is 6.07 Å². The highest BCUT2D eigenvalue weighted by Gasteiger charge is 2.34. The number of aromatic carboxylic acids is 1. The number of anilines is 1. The maximum atomic E-state index is 12.9. The number of Topliss-reactive ketones (excluding diaryl/α,β-unsaturated/α-hetero) is 1. The molecule has 172 valence electrons. The van der Waals surface area contributed by atoms with Crippen molar-refractivity contribution in [3.63, 3.8) is 0 Å². The van der Waals surface area contributed by atoms with Crippen LogP contribution in [0.15, 0.2) is 47.0 Å². The molecular weight excluding hydrogens is 454 g/mol. The lowest BCUT2D eigenvalue weighted by Crippen LogP contribution is -2.51. The number of rotatable bonds is 6. The highest BCUT2D eigenvalue weighted by molar-refractivity contribution is 7.12. The number of fused-ring (bicyclic) bond motifs is 1. The van der Waals surface area contributed by atoms with Crippen molar-refractivity contribution in [3.8, 4) is 5.13 Å². The fraction of sp³-hybridized carbons (Fsp3) is 0.250. The second-order valence-corrected chi connectivity index (χ2v) is 9.24. The first kappa shape index (κ1) is 21.9. The summed E-state index contributed by atoms with van der Waals surface area (Å²) in [6.45, 7) is 4.76. The normalized spacial score (nSPS) is 13.8. The first-order chi connectivity index (χ1) is 16.3. The van der Waals surface area contributed by atoms with Crippen LogP contribution in [-0.2, 0) is 11.2 Å². The second kappa shape index (κ2) is 8.45. The van der Waals surface area contributed by atoms with Crippen molar-refractivity contribution in [3.05, 3.63) is 74.8 Å². The maximum absolute atomic E-state index is 12.9. The molecule has 0 aliphatic carbocycles. The lowest BCUT2D eigenvalue weighted by atomic mass is 9.91. The summed E-state index contributed by atoms with van der Waals surface area (Å²) in [6, 6.07) is 5.57. The van der Waals surface area contributed by atoms with Crippen molar-refractivity contribution < 1.29 is 14.7 Å². The van der Waals surface area contributed by atoms with Gasteiger partial charge in [0.15, 0.2) is 10.8 Å². The van der Waals surface area contributed by atoms with Crippen LogP contribution in [0.5, 0.6) is 0 Å². The van der Waals surface area contributed by atoms with Crippen LogP contribution in [0.4, 0.5) is 5.82 Å². The average Bonchev–Trinajstić information content (AvgIpc) is 3.29. The Morgan fingerprint density at radius 2 is 1.97 bits per heavy atom. The molecule has 0 radical (unpaired) electrons. The molecule has 0 unspecified atom stereocenters. The number of hydrogen-bond acceptors (Lipinski definition) is 8. The third-order valence-corrected chi connectivity index (χ3v) is 6.89. The number of carbonyl (C=O) groups is 2. The Morgan fingerprint density at radius 3 is 2.65 bits per heavy atom. The number of pyridine rings is 3.